The van der Waals surface area contributed by atoms with E-state index in [1.54, 1.807) is 19.1 Å². The molecule has 2 rings (SSSR count). The van der Waals surface area contributed by atoms with Crippen molar-refractivity contribution in [2.75, 3.05) is 11.9 Å². The Balaban J connectivity index is 2.17. The molecule has 4 N–H and O–H groups in total. The molecule has 0 atom stereocenters. The van der Waals surface area contributed by atoms with E-state index in [0.29, 0.717) is 12.2 Å². The molecule has 1 saturated carbocycles. The molecule has 0 radical (unpaired) electrons. The van der Waals surface area contributed by atoms with Crippen molar-refractivity contribution in [3.63, 3.8) is 0 Å². The van der Waals surface area contributed by atoms with E-state index in [1.807, 2.05) is 0 Å². The molecule has 1 fully saturated rings. The Morgan fingerprint density at radius 2 is 1.95 bits per heavy atom. The number of aryl methyl sites for hydroxylation is 1. The van der Waals surface area contributed by atoms with E-state index in [2.05, 4.69) is 5.32 Å². The molecular weight excluding hydrogens is 268 g/mol. The van der Waals surface area contributed by atoms with Crippen molar-refractivity contribution in [3.05, 3.63) is 29.3 Å². The summed E-state index contributed by atoms with van der Waals surface area (Å²) in [4.78, 5) is 23.5. The highest BCUT2D eigenvalue weighted by molar-refractivity contribution is 5.97. The van der Waals surface area contributed by atoms with Crippen LogP contribution in [-0.2, 0) is 4.79 Å². The van der Waals surface area contributed by atoms with Crippen molar-refractivity contribution in [2.45, 2.75) is 39.0 Å². The summed E-state index contributed by atoms with van der Waals surface area (Å²) in [5.74, 6) is -1.02. The highest BCUT2D eigenvalue weighted by Crippen LogP contribution is 2.36. The SMILES string of the molecule is Cc1cc(C(=O)O)ccc1NC(=O)C1(CN)CCCCC1. The van der Waals surface area contributed by atoms with Gasteiger partial charge in [-0.05, 0) is 43.5 Å². The number of nitrogens with one attached hydrogen (secondary N) is 1. The van der Waals surface area contributed by atoms with Gasteiger partial charge in [-0.2, -0.15) is 0 Å². The van der Waals surface area contributed by atoms with Gasteiger partial charge in [0.25, 0.3) is 0 Å². The number of aromatic carboxylic acids is 1. The maximum Gasteiger partial charge on any atom is 0.335 e. The molecule has 1 aromatic rings. The van der Waals surface area contributed by atoms with E-state index in [-0.39, 0.29) is 11.5 Å². The zero-order valence-electron chi connectivity index (χ0n) is 12.3. The van der Waals surface area contributed by atoms with Crippen LogP contribution < -0.4 is 11.1 Å². The first-order valence-corrected chi connectivity index (χ1v) is 7.34. The van der Waals surface area contributed by atoms with Gasteiger partial charge in [-0.15, -0.1) is 0 Å². The summed E-state index contributed by atoms with van der Waals surface area (Å²) in [5.41, 5.74) is 7.00. The number of benzene rings is 1. The van der Waals surface area contributed by atoms with E-state index in [4.69, 9.17) is 10.8 Å². The first-order valence-electron chi connectivity index (χ1n) is 7.34. The molecule has 0 spiro atoms. The molecule has 5 nitrogen and oxygen atoms in total. The van der Waals surface area contributed by atoms with Crippen molar-refractivity contribution in [1.82, 2.24) is 0 Å². The molecule has 1 aliphatic rings. The molecule has 0 bridgehead atoms. The summed E-state index contributed by atoms with van der Waals surface area (Å²) in [6, 6.07) is 4.71. The number of amides is 1. The van der Waals surface area contributed by atoms with Crippen LogP contribution >= 0.6 is 0 Å². The summed E-state index contributed by atoms with van der Waals surface area (Å²) >= 11 is 0. The second kappa shape index (κ2) is 6.26. The van der Waals surface area contributed by atoms with E-state index in [1.165, 1.54) is 6.07 Å². The predicted octanol–water partition coefficient (Wildman–Crippen LogP) is 2.54. The number of hydrogen-bond acceptors (Lipinski definition) is 3. The Morgan fingerprint density at radius 1 is 1.29 bits per heavy atom. The Hall–Kier alpha value is -1.88. The van der Waals surface area contributed by atoms with E-state index >= 15 is 0 Å². The molecule has 0 aromatic heterocycles. The number of carboxylic acids is 1. The second-order valence-electron chi connectivity index (χ2n) is 5.83. The number of nitrogens with two attached hydrogens (primary N) is 1. The van der Waals surface area contributed by atoms with Gasteiger partial charge >= 0.3 is 5.97 Å². The third-order valence-electron chi connectivity index (χ3n) is 4.40. The number of rotatable bonds is 4. The molecule has 5 heteroatoms. The summed E-state index contributed by atoms with van der Waals surface area (Å²) < 4.78 is 0. The highest BCUT2D eigenvalue weighted by Gasteiger charge is 2.38. The minimum atomic E-state index is -0.971. The van der Waals surface area contributed by atoms with Gasteiger partial charge < -0.3 is 16.2 Å². The predicted molar refractivity (Wildman–Crippen MR) is 81.3 cm³/mol. The topological polar surface area (TPSA) is 92.4 Å². The Bertz CT molecular complexity index is 548. The van der Waals surface area contributed by atoms with E-state index in [9.17, 15) is 9.59 Å². The fourth-order valence-electron chi connectivity index (χ4n) is 2.94. The Kier molecular flexibility index (Phi) is 4.63. The summed E-state index contributed by atoms with van der Waals surface area (Å²) in [7, 11) is 0. The maximum atomic E-state index is 12.6. The molecule has 0 saturated heterocycles. The molecule has 0 heterocycles. The lowest BCUT2D eigenvalue weighted by Gasteiger charge is -2.34. The number of carbonyl (C=O) groups excluding carboxylic acids is 1. The standard InChI is InChI=1S/C16H22N2O3/c1-11-9-12(14(19)20)5-6-13(11)18-15(21)16(10-17)7-3-2-4-8-16/h5-6,9H,2-4,7-8,10,17H2,1H3,(H,18,21)(H,19,20). The minimum Gasteiger partial charge on any atom is -0.478 e. The molecule has 21 heavy (non-hydrogen) atoms. The Labute approximate surface area is 124 Å². The average Bonchev–Trinajstić information content (AvgIpc) is 2.49. The smallest absolute Gasteiger partial charge is 0.335 e. The van der Waals surface area contributed by atoms with Crippen molar-refractivity contribution in [1.29, 1.82) is 0 Å². The van der Waals surface area contributed by atoms with Crippen LogP contribution in [0.2, 0.25) is 0 Å². The quantitative estimate of drug-likeness (QED) is 0.794. The van der Waals surface area contributed by atoms with Crippen LogP contribution in [0.15, 0.2) is 18.2 Å². The Morgan fingerprint density at radius 3 is 2.48 bits per heavy atom. The molecule has 1 amide bonds. The number of carbonyl (C=O) groups is 2. The van der Waals surface area contributed by atoms with Crippen molar-refractivity contribution in [2.24, 2.45) is 11.1 Å². The summed E-state index contributed by atoms with van der Waals surface area (Å²) in [5, 5.41) is 11.9. The maximum absolute atomic E-state index is 12.6. The third kappa shape index (κ3) is 3.24. The normalized spacial score (nSPS) is 17.2. The number of carboxylic acid groups (broad SMARTS) is 1. The van der Waals surface area contributed by atoms with Crippen molar-refractivity contribution < 1.29 is 14.7 Å². The van der Waals surface area contributed by atoms with Crippen LogP contribution in [0.4, 0.5) is 5.69 Å². The monoisotopic (exact) mass is 290 g/mol. The van der Waals surface area contributed by atoms with Gasteiger partial charge in [0.15, 0.2) is 0 Å². The van der Waals surface area contributed by atoms with Crippen LogP contribution in [0, 0.1) is 12.3 Å². The molecule has 1 aromatic carbocycles. The van der Waals surface area contributed by atoms with Crippen LogP contribution in [0.25, 0.3) is 0 Å². The van der Waals surface area contributed by atoms with Crippen LogP contribution in [-0.4, -0.2) is 23.5 Å². The first kappa shape index (κ1) is 15.5. The minimum absolute atomic E-state index is 0.0455. The zero-order valence-corrected chi connectivity index (χ0v) is 12.3. The first-order chi connectivity index (χ1) is 9.98. The molecule has 0 unspecified atom stereocenters. The number of anilines is 1. The summed E-state index contributed by atoms with van der Waals surface area (Å²) in [6.07, 6.45) is 4.85. The fourth-order valence-corrected chi connectivity index (χ4v) is 2.94. The van der Waals surface area contributed by atoms with Gasteiger partial charge in [-0.3, -0.25) is 4.79 Å². The lowest BCUT2D eigenvalue weighted by molar-refractivity contribution is -0.126. The fraction of sp³-hybridized carbons (Fsp3) is 0.500. The lowest BCUT2D eigenvalue weighted by Crippen LogP contribution is -2.43. The van der Waals surface area contributed by atoms with E-state index < -0.39 is 11.4 Å². The average molecular weight is 290 g/mol. The van der Waals surface area contributed by atoms with Crippen LogP contribution in [0.5, 0.6) is 0 Å². The molecule has 1 aliphatic carbocycles. The molecular formula is C16H22N2O3. The van der Waals surface area contributed by atoms with Gasteiger partial charge in [-0.1, -0.05) is 19.3 Å². The molecule has 0 aliphatic heterocycles. The van der Waals surface area contributed by atoms with Gasteiger partial charge in [0.05, 0.1) is 11.0 Å². The van der Waals surface area contributed by atoms with Crippen LogP contribution in [0.3, 0.4) is 0 Å². The molecule has 114 valence electrons. The number of hydrogen-bond donors (Lipinski definition) is 3. The van der Waals surface area contributed by atoms with Gasteiger partial charge in [-0.25, -0.2) is 4.79 Å². The lowest BCUT2D eigenvalue weighted by atomic mass is 9.73. The van der Waals surface area contributed by atoms with Gasteiger partial charge in [0, 0.05) is 12.2 Å². The van der Waals surface area contributed by atoms with Crippen LogP contribution in [0.1, 0.15) is 48.0 Å². The van der Waals surface area contributed by atoms with E-state index in [0.717, 1.165) is 37.7 Å². The third-order valence-corrected chi connectivity index (χ3v) is 4.40. The van der Waals surface area contributed by atoms with Crippen molar-refractivity contribution >= 4 is 17.6 Å². The highest BCUT2D eigenvalue weighted by atomic mass is 16.4. The zero-order chi connectivity index (χ0) is 15.5. The summed E-state index contributed by atoms with van der Waals surface area (Å²) in [6.45, 7) is 2.14. The van der Waals surface area contributed by atoms with Gasteiger partial charge in [0.1, 0.15) is 0 Å². The van der Waals surface area contributed by atoms with Crippen molar-refractivity contribution in [3.8, 4) is 0 Å². The second-order valence-corrected chi connectivity index (χ2v) is 5.83. The van der Waals surface area contributed by atoms with Gasteiger partial charge in [0.2, 0.25) is 5.91 Å². The largest absolute Gasteiger partial charge is 0.478 e.